The zero-order valence-electron chi connectivity index (χ0n) is 17.8. The van der Waals surface area contributed by atoms with Crippen LogP contribution in [0.2, 0.25) is 0 Å². The van der Waals surface area contributed by atoms with Gasteiger partial charge in [0, 0.05) is 15.8 Å². The van der Waals surface area contributed by atoms with Crippen LogP contribution in [0.1, 0.15) is 11.1 Å². The van der Waals surface area contributed by atoms with Crippen LogP contribution in [0.4, 0.5) is 15.5 Å². The van der Waals surface area contributed by atoms with Gasteiger partial charge >= 0.3 is 0 Å². The van der Waals surface area contributed by atoms with E-state index in [-0.39, 0.29) is 17.6 Å². The van der Waals surface area contributed by atoms with Gasteiger partial charge in [-0.25, -0.2) is 14.5 Å². The second-order valence-electron chi connectivity index (χ2n) is 6.70. The molecule has 1 amide bonds. The van der Waals surface area contributed by atoms with Crippen LogP contribution in [0.5, 0.6) is 0 Å². The Morgan fingerprint density at radius 3 is 2.86 bits per heavy atom. The highest BCUT2D eigenvalue weighted by Crippen LogP contribution is 2.29. The quantitative estimate of drug-likeness (QED) is 0.0811. The largest absolute Gasteiger partial charge is 0.334 e. The minimum Gasteiger partial charge on any atom is -0.334 e. The van der Waals surface area contributed by atoms with Gasteiger partial charge in [-0.3, -0.25) is 10.1 Å². The topological polar surface area (TPSA) is 136 Å². The van der Waals surface area contributed by atoms with E-state index in [1.807, 2.05) is 24.3 Å². The van der Waals surface area contributed by atoms with Crippen LogP contribution in [0.15, 0.2) is 67.6 Å². The Bertz CT molecular complexity index is 1350. The molecule has 0 bridgehead atoms. The highest BCUT2D eigenvalue weighted by atomic mass is 79.9. The molecular weight excluding hydrogens is 577 g/mol. The summed E-state index contributed by atoms with van der Waals surface area (Å²) >= 11 is 7.39. The van der Waals surface area contributed by atoms with Crippen LogP contribution in [-0.4, -0.2) is 42.9 Å². The first kappa shape index (κ1) is 25.1. The van der Waals surface area contributed by atoms with Crippen molar-refractivity contribution < 1.29 is 9.18 Å². The van der Waals surface area contributed by atoms with Gasteiger partial charge in [-0.1, -0.05) is 81.1 Å². The Morgan fingerprint density at radius 1 is 1.17 bits per heavy atom. The Balaban J connectivity index is 1.24. The molecule has 2 aromatic heterocycles. The summed E-state index contributed by atoms with van der Waals surface area (Å²) in [5.41, 5.74) is 4.06. The predicted molar refractivity (Wildman–Crippen MR) is 141 cm³/mol. The summed E-state index contributed by atoms with van der Waals surface area (Å²) in [6, 6.07) is 14.2. The Morgan fingerprint density at radius 2 is 2.03 bits per heavy atom. The fourth-order valence-corrected chi connectivity index (χ4v) is 5.38. The predicted octanol–water partition coefficient (Wildman–Crippen LogP) is 4.21. The molecule has 0 fully saturated rings. The van der Waals surface area contributed by atoms with Gasteiger partial charge in [0.25, 0.3) is 5.95 Å². The summed E-state index contributed by atoms with van der Waals surface area (Å²) in [7, 11) is 0. The standard InChI is InChI=1S/C20H17BrFN9OS3/c21-14-6-3-4-12(8-14)10-34-20-30-28-18(35-20)25-16(32)11-33-19-29-27-17(31(19)23)26-24-9-13-5-1-2-7-15(13)22/h1-9H,10-11,23H2,(H,26,27)(H,25,28,32)/b24-9+. The summed E-state index contributed by atoms with van der Waals surface area (Å²) in [6.45, 7) is 0. The first-order valence-corrected chi connectivity index (χ1v) is 13.4. The summed E-state index contributed by atoms with van der Waals surface area (Å²) in [5, 5.41) is 23.3. The zero-order valence-corrected chi connectivity index (χ0v) is 21.8. The number of nitrogens with one attached hydrogen (secondary N) is 2. The molecule has 10 nitrogen and oxygen atoms in total. The number of hydrogen-bond donors (Lipinski definition) is 3. The minimum absolute atomic E-state index is 0.0356. The molecule has 0 saturated heterocycles. The molecule has 35 heavy (non-hydrogen) atoms. The van der Waals surface area contributed by atoms with Crippen molar-refractivity contribution in [3.05, 3.63) is 69.9 Å². The summed E-state index contributed by atoms with van der Waals surface area (Å²) in [5.74, 6) is 6.17. The van der Waals surface area contributed by atoms with E-state index in [0.717, 1.165) is 36.6 Å². The van der Waals surface area contributed by atoms with Gasteiger partial charge < -0.3 is 5.84 Å². The molecule has 4 N–H and O–H groups in total. The molecule has 0 aliphatic carbocycles. The van der Waals surface area contributed by atoms with Crippen LogP contribution < -0.4 is 16.6 Å². The monoisotopic (exact) mass is 593 g/mol. The number of hydrogen-bond acceptors (Lipinski definition) is 11. The molecule has 0 saturated carbocycles. The van der Waals surface area contributed by atoms with Gasteiger partial charge in [0.1, 0.15) is 5.82 Å². The van der Waals surface area contributed by atoms with Gasteiger partial charge in [-0.2, -0.15) is 5.10 Å². The summed E-state index contributed by atoms with van der Waals surface area (Å²) in [6.07, 6.45) is 1.30. The average molecular weight is 595 g/mol. The van der Waals surface area contributed by atoms with Crippen molar-refractivity contribution in [3.63, 3.8) is 0 Å². The maximum atomic E-state index is 13.6. The van der Waals surface area contributed by atoms with Crippen molar-refractivity contribution in [1.29, 1.82) is 0 Å². The third-order valence-corrected chi connectivity index (χ3v) is 7.65. The number of anilines is 2. The van der Waals surface area contributed by atoms with Crippen LogP contribution in [0.25, 0.3) is 0 Å². The second-order valence-corrected chi connectivity index (χ2v) is 10.8. The van der Waals surface area contributed by atoms with Crippen LogP contribution >= 0.6 is 50.8 Å². The number of nitrogens with zero attached hydrogens (tertiary/aromatic N) is 6. The molecule has 0 radical (unpaired) electrons. The normalized spacial score (nSPS) is 11.1. The molecule has 2 heterocycles. The molecule has 15 heteroatoms. The summed E-state index contributed by atoms with van der Waals surface area (Å²) < 4.78 is 16.5. The molecular formula is C20H17BrFN9OS3. The van der Waals surface area contributed by atoms with E-state index in [2.05, 4.69) is 52.2 Å². The highest BCUT2D eigenvalue weighted by molar-refractivity contribution is 9.10. The Labute approximate surface area is 220 Å². The molecule has 0 spiro atoms. The van der Waals surface area contributed by atoms with E-state index in [9.17, 15) is 9.18 Å². The number of nitrogen functional groups attached to an aromatic ring is 1. The van der Waals surface area contributed by atoms with Crippen molar-refractivity contribution in [2.45, 2.75) is 15.2 Å². The van der Waals surface area contributed by atoms with E-state index in [0.29, 0.717) is 15.9 Å². The number of thioether (sulfide) groups is 2. The van der Waals surface area contributed by atoms with Crippen LogP contribution in [0, 0.1) is 5.82 Å². The number of halogens is 2. The zero-order chi connectivity index (χ0) is 24.6. The number of carbonyl (C=O) groups excluding carboxylic acids is 1. The fourth-order valence-electron chi connectivity index (χ4n) is 2.57. The fraction of sp³-hybridized carbons (Fsp3) is 0.100. The molecule has 4 rings (SSSR count). The Hall–Kier alpha value is -3.01. The number of aromatic nitrogens is 5. The average Bonchev–Trinajstić information content (AvgIpc) is 3.44. The lowest BCUT2D eigenvalue weighted by atomic mass is 10.2. The number of amides is 1. The van der Waals surface area contributed by atoms with Crippen molar-refractivity contribution >= 4 is 74.0 Å². The maximum absolute atomic E-state index is 13.6. The molecule has 0 aliphatic heterocycles. The summed E-state index contributed by atoms with van der Waals surface area (Å²) in [4.78, 5) is 12.3. The molecule has 0 unspecified atom stereocenters. The number of benzene rings is 2. The second kappa shape index (κ2) is 12.1. The first-order valence-electron chi connectivity index (χ1n) is 9.85. The smallest absolute Gasteiger partial charge is 0.264 e. The van der Waals surface area contributed by atoms with Crippen LogP contribution in [-0.2, 0) is 10.5 Å². The molecule has 180 valence electrons. The van der Waals surface area contributed by atoms with Gasteiger partial charge in [-0.05, 0) is 23.8 Å². The molecule has 4 aromatic rings. The van der Waals surface area contributed by atoms with Gasteiger partial charge in [0.15, 0.2) is 4.34 Å². The number of hydrazone groups is 1. The lowest BCUT2D eigenvalue weighted by molar-refractivity contribution is -0.113. The number of nitrogens with two attached hydrogens (primary N) is 1. The van der Waals surface area contributed by atoms with Crippen molar-refractivity contribution in [2.75, 3.05) is 22.3 Å². The van der Waals surface area contributed by atoms with Crippen molar-refractivity contribution in [3.8, 4) is 0 Å². The maximum Gasteiger partial charge on any atom is 0.264 e. The van der Waals surface area contributed by atoms with E-state index in [4.69, 9.17) is 5.84 Å². The molecule has 0 atom stereocenters. The molecule has 2 aromatic carbocycles. The Kier molecular flexibility index (Phi) is 8.68. The van der Waals surface area contributed by atoms with E-state index >= 15 is 0 Å². The van der Waals surface area contributed by atoms with E-state index < -0.39 is 5.82 Å². The lowest BCUT2D eigenvalue weighted by Crippen LogP contribution is -2.16. The lowest BCUT2D eigenvalue weighted by Gasteiger charge is -2.03. The van der Waals surface area contributed by atoms with Gasteiger partial charge in [-0.15, -0.1) is 20.4 Å². The van der Waals surface area contributed by atoms with Gasteiger partial charge in [0.05, 0.1) is 12.0 Å². The number of rotatable bonds is 10. The number of carbonyl (C=O) groups is 1. The van der Waals surface area contributed by atoms with E-state index in [1.165, 1.54) is 23.6 Å². The van der Waals surface area contributed by atoms with Crippen LogP contribution in [0.3, 0.4) is 0 Å². The SMILES string of the molecule is Nn1c(N/N=C/c2ccccc2F)nnc1SCC(=O)Nc1nnc(SCc2cccc(Br)c2)s1. The molecule has 0 aliphatic rings. The third kappa shape index (κ3) is 7.24. The minimum atomic E-state index is -0.403. The first-order chi connectivity index (χ1) is 17.0. The highest BCUT2D eigenvalue weighted by Gasteiger charge is 2.14. The van der Waals surface area contributed by atoms with Crippen molar-refractivity contribution in [1.82, 2.24) is 25.1 Å². The van der Waals surface area contributed by atoms with Crippen molar-refractivity contribution in [2.24, 2.45) is 5.10 Å². The van der Waals surface area contributed by atoms with Gasteiger partial charge in [0.2, 0.25) is 16.2 Å². The van der Waals surface area contributed by atoms with E-state index in [1.54, 1.807) is 30.0 Å². The third-order valence-electron chi connectivity index (χ3n) is 4.17.